The lowest BCUT2D eigenvalue weighted by molar-refractivity contribution is -0.0829. The van der Waals surface area contributed by atoms with Gasteiger partial charge in [0.1, 0.15) is 0 Å². The molecule has 0 spiro atoms. The summed E-state index contributed by atoms with van der Waals surface area (Å²) in [6.45, 7) is 8.05. The summed E-state index contributed by atoms with van der Waals surface area (Å²) in [5.74, 6) is 1.41. The molecule has 0 aromatic heterocycles. The second kappa shape index (κ2) is 4.71. The minimum atomic E-state index is -0.519. The predicted octanol–water partition coefficient (Wildman–Crippen LogP) is 3.45. The van der Waals surface area contributed by atoms with Crippen LogP contribution in [-0.2, 0) is 0 Å². The summed E-state index contributed by atoms with van der Waals surface area (Å²) in [6, 6.07) is 0. The Balaban J connectivity index is 1.92. The van der Waals surface area contributed by atoms with Gasteiger partial charge in [-0.2, -0.15) is 0 Å². The Morgan fingerprint density at radius 2 is 2.05 bits per heavy atom. The molecule has 3 rings (SSSR count). The number of aliphatic hydroxyl groups excluding tert-OH is 1. The average Bonchev–Trinajstić information content (AvgIpc) is 2.42. The first kappa shape index (κ1) is 14.3. The molecule has 3 aliphatic carbocycles. The number of allylic oxidation sites excluding steroid dienone is 1. The zero-order valence-electron chi connectivity index (χ0n) is 12.8. The van der Waals surface area contributed by atoms with Crippen LogP contribution in [0.1, 0.15) is 52.4 Å². The maximum Gasteiger partial charge on any atom is 0.0840 e. The normalized spacial score (nSPS) is 51.7. The van der Waals surface area contributed by atoms with Crippen LogP contribution < -0.4 is 0 Å². The van der Waals surface area contributed by atoms with Crippen LogP contribution in [0.15, 0.2) is 24.3 Å². The topological polar surface area (TPSA) is 40.5 Å². The smallest absolute Gasteiger partial charge is 0.0840 e. The second-order valence-corrected chi connectivity index (χ2v) is 7.72. The lowest BCUT2D eigenvalue weighted by Gasteiger charge is -2.53. The highest BCUT2D eigenvalue weighted by molar-refractivity contribution is 5.27. The highest BCUT2D eigenvalue weighted by Gasteiger charge is 2.50. The predicted molar refractivity (Wildman–Crippen MR) is 81.2 cm³/mol. The van der Waals surface area contributed by atoms with Crippen molar-refractivity contribution in [2.24, 2.45) is 23.2 Å². The van der Waals surface area contributed by atoms with Crippen molar-refractivity contribution in [2.45, 2.75) is 64.1 Å². The van der Waals surface area contributed by atoms with Gasteiger partial charge in [-0.1, -0.05) is 25.5 Å². The lowest BCUT2D eigenvalue weighted by Crippen LogP contribution is -2.51. The van der Waals surface area contributed by atoms with Gasteiger partial charge in [0.2, 0.25) is 0 Å². The summed E-state index contributed by atoms with van der Waals surface area (Å²) in [7, 11) is 0. The van der Waals surface area contributed by atoms with Gasteiger partial charge in [0.15, 0.2) is 0 Å². The van der Waals surface area contributed by atoms with E-state index in [0.717, 1.165) is 32.1 Å². The Bertz CT molecular complexity index is 437. The van der Waals surface area contributed by atoms with E-state index in [-0.39, 0.29) is 11.5 Å². The van der Waals surface area contributed by atoms with E-state index in [1.54, 1.807) is 0 Å². The van der Waals surface area contributed by atoms with E-state index in [0.29, 0.717) is 17.8 Å². The van der Waals surface area contributed by atoms with Crippen molar-refractivity contribution in [3.05, 3.63) is 24.3 Å². The standard InChI is InChI=1S/C18H28O2/c1-4-17(2)11-9-12-13-6-5-10-18(3,20)15(13)8-7-14(12)16(17)19/h4,7,12-13,15-16,19-20H,1,5-6,8-11H2,2-3H3/t12?,13?,15?,16-,17+,18+/m0/s1. The first-order valence-corrected chi connectivity index (χ1v) is 8.13. The van der Waals surface area contributed by atoms with Crippen molar-refractivity contribution in [3.63, 3.8) is 0 Å². The van der Waals surface area contributed by atoms with Crippen molar-refractivity contribution in [1.29, 1.82) is 0 Å². The first-order chi connectivity index (χ1) is 9.39. The van der Waals surface area contributed by atoms with E-state index < -0.39 is 5.60 Å². The summed E-state index contributed by atoms with van der Waals surface area (Å²) in [5.41, 5.74) is 0.541. The maximum absolute atomic E-state index is 10.7. The van der Waals surface area contributed by atoms with Crippen LogP contribution in [0.5, 0.6) is 0 Å². The fraction of sp³-hybridized carbons (Fsp3) is 0.778. The minimum absolute atomic E-state index is 0.174. The zero-order valence-corrected chi connectivity index (χ0v) is 12.8. The molecule has 0 radical (unpaired) electrons. The van der Waals surface area contributed by atoms with Gasteiger partial charge in [0, 0.05) is 5.41 Å². The third-order valence-electron chi connectivity index (χ3n) is 6.49. The first-order valence-electron chi connectivity index (χ1n) is 8.13. The quantitative estimate of drug-likeness (QED) is 0.720. The summed E-state index contributed by atoms with van der Waals surface area (Å²) < 4.78 is 0. The van der Waals surface area contributed by atoms with Gasteiger partial charge in [-0.05, 0) is 62.4 Å². The van der Waals surface area contributed by atoms with Gasteiger partial charge in [-0.15, -0.1) is 6.58 Å². The molecule has 0 bridgehead atoms. The fourth-order valence-electron chi connectivity index (χ4n) is 5.01. The Labute approximate surface area is 122 Å². The largest absolute Gasteiger partial charge is 0.390 e. The molecule has 0 heterocycles. The van der Waals surface area contributed by atoms with Crippen molar-refractivity contribution in [2.75, 3.05) is 0 Å². The van der Waals surface area contributed by atoms with Crippen molar-refractivity contribution in [1.82, 2.24) is 0 Å². The molecule has 20 heavy (non-hydrogen) atoms. The van der Waals surface area contributed by atoms with Gasteiger partial charge in [-0.25, -0.2) is 0 Å². The Hall–Kier alpha value is -0.600. The molecule has 2 fully saturated rings. The maximum atomic E-state index is 10.7. The molecule has 2 N–H and O–H groups in total. The van der Waals surface area contributed by atoms with Gasteiger partial charge in [0.05, 0.1) is 11.7 Å². The van der Waals surface area contributed by atoms with Crippen LogP contribution >= 0.6 is 0 Å². The van der Waals surface area contributed by atoms with E-state index in [1.165, 1.54) is 12.0 Å². The fourth-order valence-corrected chi connectivity index (χ4v) is 5.01. The highest BCUT2D eigenvalue weighted by atomic mass is 16.3. The van der Waals surface area contributed by atoms with Gasteiger partial charge in [-0.3, -0.25) is 0 Å². The Morgan fingerprint density at radius 3 is 2.75 bits per heavy atom. The van der Waals surface area contributed by atoms with Crippen molar-refractivity contribution in [3.8, 4) is 0 Å². The van der Waals surface area contributed by atoms with Crippen LogP contribution in [0.4, 0.5) is 0 Å². The average molecular weight is 276 g/mol. The molecular weight excluding hydrogens is 248 g/mol. The van der Waals surface area contributed by atoms with Crippen molar-refractivity contribution < 1.29 is 10.2 Å². The molecule has 3 aliphatic rings. The Kier molecular flexibility index (Phi) is 3.38. The number of fused-ring (bicyclic) bond motifs is 3. The molecule has 3 unspecified atom stereocenters. The lowest BCUT2D eigenvalue weighted by atomic mass is 9.54. The van der Waals surface area contributed by atoms with Gasteiger partial charge >= 0.3 is 0 Å². The number of aliphatic hydroxyl groups is 2. The molecule has 0 saturated heterocycles. The van der Waals surface area contributed by atoms with E-state index in [9.17, 15) is 10.2 Å². The molecule has 2 heteroatoms. The number of rotatable bonds is 1. The van der Waals surface area contributed by atoms with E-state index in [2.05, 4.69) is 19.6 Å². The minimum Gasteiger partial charge on any atom is -0.390 e. The zero-order chi connectivity index (χ0) is 14.5. The van der Waals surface area contributed by atoms with Crippen LogP contribution in [0.3, 0.4) is 0 Å². The second-order valence-electron chi connectivity index (χ2n) is 7.72. The van der Waals surface area contributed by atoms with Crippen molar-refractivity contribution >= 4 is 0 Å². The van der Waals surface area contributed by atoms with Crippen LogP contribution in [0.25, 0.3) is 0 Å². The molecule has 0 amide bonds. The van der Waals surface area contributed by atoms with Gasteiger partial charge < -0.3 is 10.2 Å². The highest BCUT2D eigenvalue weighted by Crippen LogP contribution is 2.55. The summed E-state index contributed by atoms with van der Waals surface area (Å²) >= 11 is 0. The third kappa shape index (κ3) is 2.00. The molecule has 2 saturated carbocycles. The molecular formula is C18H28O2. The van der Waals surface area contributed by atoms with Gasteiger partial charge in [0.25, 0.3) is 0 Å². The molecule has 112 valence electrons. The summed E-state index contributed by atoms with van der Waals surface area (Å²) in [4.78, 5) is 0. The van der Waals surface area contributed by atoms with E-state index in [4.69, 9.17) is 0 Å². The van der Waals surface area contributed by atoms with Crippen LogP contribution in [-0.4, -0.2) is 21.9 Å². The SMILES string of the molecule is C=C[C@]1(C)CCC2C(=CCC3C2CCC[C@@]3(C)O)[C@@H]1O. The van der Waals surface area contributed by atoms with Crippen LogP contribution in [0, 0.1) is 23.2 Å². The third-order valence-corrected chi connectivity index (χ3v) is 6.49. The molecule has 2 nitrogen and oxygen atoms in total. The monoisotopic (exact) mass is 276 g/mol. The summed E-state index contributed by atoms with van der Waals surface area (Å²) in [5, 5.41) is 21.4. The number of hydrogen-bond donors (Lipinski definition) is 2. The molecule has 0 aromatic carbocycles. The Morgan fingerprint density at radius 1 is 1.30 bits per heavy atom. The summed E-state index contributed by atoms with van der Waals surface area (Å²) in [6.07, 6.45) is 10.1. The number of hydrogen-bond acceptors (Lipinski definition) is 2. The molecule has 0 aliphatic heterocycles. The molecule has 6 atom stereocenters. The van der Waals surface area contributed by atoms with Crippen LogP contribution in [0.2, 0.25) is 0 Å². The van der Waals surface area contributed by atoms with E-state index >= 15 is 0 Å². The van der Waals surface area contributed by atoms with E-state index in [1.807, 2.05) is 13.0 Å². The molecule has 0 aromatic rings.